The second-order valence-corrected chi connectivity index (χ2v) is 7.26. The van der Waals surface area contributed by atoms with E-state index >= 15 is 0 Å². The van der Waals surface area contributed by atoms with Gasteiger partial charge in [-0.15, -0.1) is 0 Å². The van der Waals surface area contributed by atoms with Crippen LogP contribution in [0.3, 0.4) is 0 Å². The molecule has 0 spiro atoms. The number of nitro benzene ring substituents is 1. The Balaban J connectivity index is 2.14. The molecule has 10 heteroatoms. The third-order valence-corrected chi connectivity index (χ3v) is 5.33. The number of anilines is 1. The van der Waals surface area contributed by atoms with E-state index in [9.17, 15) is 25.4 Å². The van der Waals surface area contributed by atoms with Gasteiger partial charge in [-0.2, -0.15) is 0 Å². The molecule has 0 saturated carbocycles. The van der Waals surface area contributed by atoms with Crippen LogP contribution in [0.2, 0.25) is 0 Å². The topological polar surface area (TPSA) is 144 Å². The van der Waals surface area contributed by atoms with Gasteiger partial charge in [-0.1, -0.05) is 6.07 Å². The van der Waals surface area contributed by atoms with E-state index in [2.05, 4.69) is 5.32 Å². The Bertz CT molecular complexity index is 962. The van der Waals surface area contributed by atoms with E-state index in [1.165, 1.54) is 38.5 Å². The Morgan fingerprint density at radius 2 is 1.87 bits per heavy atom. The van der Waals surface area contributed by atoms with Crippen LogP contribution >= 0.6 is 0 Å². The van der Waals surface area contributed by atoms with Gasteiger partial charge >= 0.3 is 0 Å². The lowest BCUT2D eigenvalue weighted by atomic mass is 9.84. The third-order valence-electron chi connectivity index (χ3n) is 5.33. The molecule has 0 aromatic heterocycles. The third kappa shape index (κ3) is 3.49. The molecule has 1 heterocycles. The number of phenolic OH excluding ortho intramolecular Hbond substituents is 2. The molecule has 2 aromatic rings. The van der Waals surface area contributed by atoms with Crippen LogP contribution in [-0.2, 0) is 9.47 Å². The van der Waals surface area contributed by atoms with Gasteiger partial charge in [0, 0.05) is 31.9 Å². The number of aliphatic hydroxyl groups is 1. The molecule has 2 aromatic carbocycles. The number of aryl methyl sites for hydroxylation is 1. The standard InChI is InChI=1S/C20H24N2O8/c1-10-5-7-13(17(24)16(10)23)21-15-12-9-11(22(26)27)6-8-14(12)30-20(2,18(15)25)19(28-3)29-4/h5-9,15,18-19,21,23-25H,1-4H3/t15-,18+,20+/m0/s1. The number of non-ortho nitro benzene ring substituents is 1. The molecule has 0 unspecified atom stereocenters. The molecule has 1 aliphatic heterocycles. The molecule has 162 valence electrons. The molecule has 0 aliphatic carbocycles. The van der Waals surface area contributed by atoms with Gasteiger partial charge in [0.1, 0.15) is 11.9 Å². The van der Waals surface area contributed by atoms with E-state index in [0.29, 0.717) is 11.1 Å². The maximum absolute atomic E-state index is 11.3. The number of hydrogen-bond donors (Lipinski definition) is 4. The smallest absolute Gasteiger partial charge is 0.270 e. The van der Waals surface area contributed by atoms with Crippen LogP contribution in [0.5, 0.6) is 17.2 Å². The SMILES string of the molecule is COC(OC)[C@]1(C)Oc2ccc([N+](=O)[O-])cc2[C@H](Nc2ccc(C)c(O)c2O)[C@H]1O. The van der Waals surface area contributed by atoms with E-state index in [-0.39, 0.29) is 22.9 Å². The van der Waals surface area contributed by atoms with Gasteiger partial charge in [-0.25, -0.2) is 0 Å². The van der Waals surface area contributed by atoms with E-state index in [1.807, 2.05) is 0 Å². The second kappa shape index (κ2) is 7.98. The number of aromatic hydroxyl groups is 2. The number of rotatable bonds is 6. The van der Waals surface area contributed by atoms with Gasteiger partial charge in [0.2, 0.25) is 0 Å². The van der Waals surface area contributed by atoms with Crippen molar-refractivity contribution in [1.82, 2.24) is 0 Å². The largest absolute Gasteiger partial charge is 0.504 e. The zero-order valence-corrected chi connectivity index (χ0v) is 16.9. The van der Waals surface area contributed by atoms with Crippen molar-refractivity contribution in [1.29, 1.82) is 0 Å². The van der Waals surface area contributed by atoms with E-state index < -0.39 is 34.7 Å². The number of hydrogen-bond acceptors (Lipinski definition) is 9. The van der Waals surface area contributed by atoms with E-state index in [1.54, 1.807) is 19.9 Å². The summed E-state index contributed by atoms with van der Waals surface area (Å²) in [5, 5.41) is 45.8. The summed E-state index contributed by atoms with van der Waals surface area (Å²) in [6, 6.07) is 6.17. The quantitative estimate of drug-likeness (QED) is 0.240. The van der Waals surface area contributed by atoms with Crippen molar-refractivity contribution in [3.8, 4) is 17.2 Å². The van der Waals surface area contributed by atoms with Gasteiger partial charge < -0.3 is 34.8 Å². The van der Waals surface area contributed by atoms with Crippen molar-refractivity contribution in [3.05, 3.63) is 51.6 Å². The lowest BCUT2D eigenvalue weighted by molar-refractivity contribution is -0.385. The molecular weight excluding hydrogens is 396 g/mol. The van der Waals surface area contributed by atoms with Crippen molar-refractivity contribution in [2.24, 2.45) is 0 Å². The molecule has 0 amide bonds. The highest BCUT2D eigenvalue weighted by molar-refractivity contribution is 5.66. The van der Waals surface area contributed by atoms with Crippen LogP contribution in [0.25, 0.3) is 0 Å². The van der Waals surface area contributed by atoms with E-state index in [4.69, 9.17) is 14.2 Å². The van der Waals surface area contributed by atoms with Crippen LogP contribution in [0.4, 0.5) is 11.4 Å². The van der Waals surface area contributed by atoms with Gasteiger partial charge in [0.05, 0.1) is 16.7 Å². The van der Waals surface area contributed by atoms with Crippen molar-refractivity contribution >= 4 is 11.4 Å². The summed E-state index contributed by atoms with van der Waals surface area (Å²) in [7, 11) is 2.79. The molecule has 30 heavy (non-hydrogen) atoms. The summed E-state index contributed by atoms with van der Waals surface area (Å²) in [6.07, 6.45) is -2.29. The maximum atomic E-state index is 11.3. The zero-order valence-electron chi connectivity index (χ0n) is 16.9. The Morgan fingerprint density at radius 3 is 2.47 bits per heavy atom. The summed E-state index contributed by atoms with van der Waals surface area (Å²) in [4.78, 5) is 10.7. The average molecular weight is 420 g/mol. The zero-order chi connectivity index (χ0) is 22.2. The molecule has 0 saturated heterocycles. The first-order valence-electron chi connectivity index (χ1n) is 9.13. The molecule has 4 N–H and O–H groups in total. The maximum Gasteiger partial charge on any atom is 0.270 e. The highest BCUT2D eigenvalue weighted by Crippen LogP contribution is 2.46. The van der Waals surface area contributed by atoms with Gasteiger partial charge in [-0.3, -0.25) is 10.1 Å². The summed E-state index contributed by atoms with van der Waals surface area (Å²) in [5.74, 6) is -0.437. The number of nitrogens with zero attached hydrogens (tertiary/aromatic N) is 1. The van der Waals surface area contributed by atoms with Crippen molar-refractivity contribution in [2.45, 2.75) is 37.9 Å². The Morgan fingerprint density at radius 1 is 1.20 bits per heavy atom. The fraction of sp³-hybridized carbons (Fsp3) is 0.400. The summed E-state index contributed by atoms with van der Waals surface area (Å²) >= 11 is 0. The lowest BCUT2D eigenvalue weighted by Crippen LogP contribution is -2.60. The number of ether oxygens (including phenoxy) is 3. The Labute approximate surface area is 172 Å². The minimum absolute atomic E-state index is 0.134. The predicted octanol–water partition coefficient (Wildman–Crippen LogP) is 2.60. The van der Waals surface area contributed by atoms with Gasteiger partial charge in [0.15, 0.2) is 23.4 Å². The van der Waals surface area contributed by atoms with Crippen molar-refractivity contribution in [3.63, 3.8) is 0 Å². The number of aliphatic hydroxyl groups excluding tert-OH is 1. The van der Waals surface area contributed by atoms with Gasteiger partial charge in [-0.05, 0) is 31.5 Å². The second-order valence-electron chi connectivity index (χ2n) is 7.26. The predicted molar refractivity (Wildman–Crippen MR) is 107 cm³/mol. The normalized spacial score (nSPS) is 23.0. The number of phenols is 2. The molecular formula is C20H24N2O8. The molecule has 0 fully saturated rings. The first-order valence-corrected chi connectivity index (χ1v) is 9.13. The fourth-order valence-electron chi connectivity index (χ4n) is 3.66. The van der Waals surface area contributed by atoms with Crippen molar-refractivity contribution in [2.75, 3.05) is 19.5 Å². The first kappa shape index (κ1) is 21.6. The monoisotopic (exact) mass is 420 g/mol. The summed E-state index contributed by atoms with van der Waals surface area (Å²) in [6.45, 7) is 3.21. The molecule has 1 aliphatic rings. The number of nitrogens with one attached hydrogen (secondary N) is 1. The number of benzene rings is 2. The molecule has 10 nitrogen and oxygen atoms in total. The van der Waals surface area contributed by atoms with E-state index in [0.717, 1.165) is 0 Å². The summed E-state index contributed by atoms with van der Waals surface area (Å²) in [5.41, 5.74) is -0.682. The van der Waals surface area contributed by atoms with Crippen LogP contribution < -0.4 is 10.1 Å². The van der Waals surface area contributed by atoms with Crippen LogP contribution in [-0.4, -0.2) is 52.5 Å². The molecule has 3 atom stereocenters. The number of nitro groups is 1. The van der Waals surface area contributed by atoms with Crippen molar-refractivity contribution < 1.29 is 34.5 Å². The highest BCUT2D eigenvalue weighted by atomic mass is 16.7. The average Bonchev–Trinajstić information content (AvgIpc) is 2.71. The summed E-state index contributed by atoms with van der Waals surface area (Å²) < 4.78 is 16.6. The number of methoxy groups -OCH3 is 2. The minimum Gasteiger partial charge on any atom is -0.504 e. The highest BCUT2D eigenvalue weighted by Gasteiger charge is 2.52. The van der Waals surface area contributed by atoms with Crippen LogP contribution in [0.15, 0.2) is 30.3 Å². The lowest BCUT2D eigenvalue weighted by Gasteiger charge is -2.46. The number of fused-ring (bicyclic) bond motifs is 1. The molecule has 0 bridgehead atoms. The Hall–Kier alpha value is -3.08. The molecule has 3 rings (SSSR count). The Kier molecular flexibility index (Phi) is 5.75. The minimum atomic E-state index is -1.40. The molecule has 0 radical (unpaired) electrons. The fourth-order valence-corrected chi connectivity index (χ4v) is 3.66. The van der Waals surface area contributed by atoms with Crippen LogP contribution in [0.1, 0.15) is 24.1 Å². The first-order chi connectivity index (χ1) is 14.1. The van der Waals surface area contributed by atoms with Gasteiger partial charge in [0.25, 0.3) is 5.69 Å². The van der Waals surface area contributed by atoms with Crippen LogP contribution in [0, 0.1) is 17.0 Å².